The van der Waals surface area contributed by atoms with Crippen molar-refractivity contribution in [1.29, 1.82) is 0 Å². The van der Waals surface area contributed by atoms with Gasteiger partial charge in [0, 0.05) is 32.0 Å². The van der Waals surface area contributed by atoms with Gasteiger partial charge in [-0.1, -0.05) is 12.5 Å². The lowest BCUT2D eigenvalue weighted by atomic mass is 9.97. The van der Waals surface area contributed by atoms with E-state index in [-0.39, 0.29) is 11.8 Å². The number of carbonyl (C=O) groups excluding carboxylic acids is 1. The minimum absolute atomic E-state index is 0.0226. The lowest BCUT2D eigenvalue weighted by molar-refractivity contribution is -0.126. The Labute approximate surface area is 189 Å². The van der Waals surface area contributed by atoms with E-state index in [0.717, 1.165) is 62.3 Å². The number of nitrogens with zero attached hydrogens (tertiary/aromatic N) is 4. The first kappa shape index (κ1) is 21.6. The van der Waals surface area contributed by atoms with Gasteiger partial charge in [-0.15, -0.1) is 10.2 Å². The van der Waals surface area contributed by atoms with Crippen molar-refractivity contribution in [3.05, 3.63) is 41.0 Å². The summed E-state index contributed by atoms with van der Waals surface area (Å²) >= 11 is 0. The molecule has 8 nitrogen and oxygen atoms in total. The second kappa shape index (κ2) is 8.94. The highest BCUT2D eigenvalue weighted by atomic mass is 32.2. The molecule has 0 radical (unpaired) electrons. The molecule has 3 aliphatic rings. The largest absolute Gasteiger partial charge is 0.349 e. The summed E-state index contributed by atoms with van der Waals surface area (Å²) in [7, 11) is -3.51. The molecule has 1 amide bonds. The lowest BCUT2D eigenvalue weighted by Gasteiger charge is -2.30. The van der Waals surface area contributed by atoms with E-state index in [0.29, 0.717) is 37.4 Å². The number of rotatable bonds is 5. The van der Waals surface area contributed by atoms with Gasteiger partial charge in [-0.2, -0.15) is 4.31 Å². The van der Waals surface area contributed by atoms with Crippen molar-refractivity contribution in [3.63, 3.8) is 0 Å². The first-order valence-corrected chi connectivity index (χ1v) is 13.3. The summed E-state index contributed by atoms with van der Waals surface area (Å²) in [5.74, 6) is 1.63. The van der Waals surface area contributed by atoms with Crippen LogP contribution in [0.1, 0.15) is 61.3 Å². The summed E-state index contributed by atoms with van der Waals surface area (Å²) in [5.41, 5.74) is 2.43. The molecule has 0 spiro atoms. The minimum Gasteiger partial charge on any atom is -0.349 e. The molecule has 1 N–H and O–H groups in total. The highest BCUT2D eigenvalue weighted by molar-refractivity contribution is 7.89. The molecule has 0 unspecified atom stereocenters. The highest BCUT2D eigenvalue weighted by Gasteiger charge is 2.32. The minimum atomic E-state index is -3.51. The standard InChI is InChI=1S/C23H31N5O3S/c29-23(24-16-22-26-25-21-7-2-1-3-12-28(21)22)18-10-13-27(14-11-18)32(30,31)20-9-8-17-5-4-6-19(17)15-20/h8-9,15,18H,1-7,10-14,16H2,(H,24,29). The lowest BCUT2D eigenvalue weighted by Crippen LogP contribution is -2.43. The van der Waals surface area contributed by atoms with Gasteiger partial charge in [-0.3, -0.25) is 4.79 Å². The Morgan fingerprint density at radius 3 is 2.62 bits per heavy atom. The van der Waals surface area contributed by atoms with Gasteiger partial charge in [0.15, 0.2) is 5.82 Å². The first-order chi connectivity index (χ1) is 15.5. The van der Waals surface area contributed by atoms with Crippen LogP contribution in [0, 0.1) is 5.92 Å². The Morgan fingerprint density at radius 2 is 1.78 bits per heavy atom. The molecule has 0 bridgehead atoms. The van der Waals surface area contributed by atoms with Crippen molar-refractivity contribution in [2.24, 2.45) is 5.92 Å². The quantitative estimate of drug-likeness (QED) is 0.743. The number of aryl methyl sites for hydroxylation is 3. The maximum absolute atomic E-state index is 13.1. The molecule has 1 aliphatic carbocycles. The van der Waals surface area contributed by atoms with Crippen molar-refractivity contribution >= 4 is 15.9 Å². The summed E-state index contributed by atoms with van der Waals surface area (Å²) in [6.45, 7) is 2.03. The van der Waals surface area contributed by atoms with Crippen LogP contribution in [-0.2, 0) is 47.2 Å². The fourth-order valence-electron chi connectivity index (χ4n) is 5.20. The van der Waals surface area contributed by atoms with Crippen LogP contribution in [0.25, 0.3) is 0 Å². The van der Waals surface area contributed by atoms with Gasteiger partial charge < -0.3 is 9.88 Å². The molecule has 1 aromatic heterocycles. The number of amides is 1. The molecule has 1 saturated heterocycles. The number of hydrogen-bond donors (Lipinski definition) is 1. The molecular formula is C23H31N5O3S. The molecule has 3 heterocycles. The van der Waals surface area contributed by atoms with Crippen molar-refractivity contribution in [3.8, 4) is 0 Å². The van der Waals surface area contributed by atoms with E-state index >= 15 is 0 Å². The van der Waals surface area contributed by atoms with Gasteiger partial charge in [0.2, 0.25) is 15.9 Å². The Kier molecular flexibility index (Phi) is 6.03. The van der Waals surface area contributed by atoms with Crippen LogP contribution in [-0.4, -0.2) is 46.5 Å². The van der Waals surface area contributed by atoms with E-state index in [9.17, 15) is 13.2 Å². The van der Waals surface area contributed by atoms with Crippen LogP contribution < -0.4 is 5.32 Å². The summed E-state index contributed by atoms with van der Waals surface area (Å²) < 4.78 is 29.9. The maximum Gasteiger partial charge on any atom is 0.243 e. The van der Waals surface area contributed by atoms with Gasteiger partial charge in [0.1, 0.15) is 5.82 Å². The van der Waals surface area contributed by atoms with Crippen molar-refractivity contribution in [1.82, 2.24) is 24.4 Å². The van der Waals surface area contributed by atoms with Crippen molar-refractivity contribution in [2.45, 2.75) is 75.8 Å². The van der Waals surface area contributed by atoms with E-state index in [2.05, 4.69) is 20.1 Å². The second-order valence-electron chi connectivity index (χ2n) is 9.17. The third-order valence-electron chi connectivity index (χ3n) is 7.14. The van der Waals surface area contributed by atoms with Gasteiger partial charge in [-0.05, 0) is 68.2 Å². The SMILES string of the molecule is O=C(NCc1nnc2n1CCCCC2)C1CCN(S(=O)(=O)c2ccc3c(c2)CCC3)CC1. The summed E-state index contributed by atoms with van der Waals surface area (Å²) in [4.78, 5) is 13.1. The summed E-state index contributed by atoms with van der Waals surface area (Å²) in [6, 6.07) is 5.54. The fourth-order valence-corrected chi connectivity index (χ4v) is 6.72. The number of fused-ring (bicyclic) bond motifs is 2. The number of sulfonamides is 1. The van der Waals surface area contributed by atoms with E-state index in [4.69, 9.17) is 0 Å². The highest BCUT2D eigenvalue weighted by Crippen LogP contribution is 2.28. The maximum atomic E-state index is 13.1. The Balaban J connectivity index is 1.17. The molecule has 2 aromatic rings. The summed E-state index contributed by atoms with van der Waals surface area (Å²) in [5, 5.41) is 11.6. The first-order valence-electron chi connectivity index (χ1n) is 11.8. The molecule has 5 rings (SSSR count). The molecular weight excluding hydrogens is 426 g/mol. The molecule has 172 valence electrons. The fraction of sp³-hybridized carbons (Fsp3) is 0.609. The molecule has 1 aromatic carbocycles. The zero-order valence-electron chi connectivity index (χ0n) is 18.4. The van der Waals surface area contributed by atoms with Crippen LogP contribution in [0.2, 0.25) is 0 Å². The van der Waals surface area contributed by atoms with E-state index < -0.39 is 10.0 Å². The third kappa shape index (κ3) is 4.20. The molecule has 0 atom stereocenters. The van der Waals surface area contributed by atoms with Crippen LogP contribution in [0.4, 0.5) is 0 Å². The Hall–Kier alpha value is -2.26. The van der Waals surface area contributed by atoms with Gasteiger partial charge in [-0.25, -0.2) is 8.42 Å². The molecule has 2 aliphatic heterocycles. The average molecular weight is 458 g/mol. The number of carbonyl (C=O) groups is 1. The monoisotopic (exact) mass is 457 g/mol. The number of aromatic nitrogens is 3. The van der Waals surface area contributed by atoms with E-state index in [1.54, 1.807) is 6.07 Å². The number of nitrogens with one attached hydrogen (secondary N) is 1. The third-order valence-corrected chi connectivity index (χ3v) is 9.03. The van der Waals surface area contributed by atoms with Gasteiger partial charge in [0.05, 0.1) is 11.4 Å². The second-order valence-corrected chi connectivity index (χ2v) is 11.1. The van der Waals surface area contributed by atoms with Crippen molar-refractivity contribution < 1.29 is 13.2 Å². The van der Waals surface area contributed by atoms with Crippen LogP contribution in [0.3, 0.4) is 0 Å². The Bertz CT molecular complexity index is 1100. The van der Waals surface area contributed by atoms with Crippen LogP contribution >= 0.6 is 0 Å². The van der Waals surface area contributed by atoms with Crippen LogP contribution in [0.5, 0.6) is 0 Å². The zero-order chi connectivity index (χ0) is 22.1. The predicted molar refractivity (Wildman–Crippen MR) is 119 cm³/mol. The zero-order valence-corrected chi connectivity index (χ0v) is 19.2. The molecule has 0 saturated carbocycles. The number of hydrogen-bond acceptors (Lipinski definition) is 5. The topological polar surface area (TPSA) is 97.2 Å². The smallest absolute Gasteiger partial charge is 0.243 e. The Morgan fingerprint density at radius 1 is 0.969 bits per heavy atom. The normalized spacial score (nSPS) is 19.9. The number of benzene rings is 1. The molecule has 1 fully saturated rings. The van der Waals surface area contributed by atoms with E-state index in [1.165, 1.54) is 16.3 Å². The summed E-state index contributed by atoms with van der Waals surface area (Å²) in [6.07, 6.45) is 8.55. The molecule has 9 heteroatoms. The van der Waals surface area contributed by atoms with Crippen LogP contribution in [0.15, 0.2) is 23.1 Å². The number of piperidine rings is 1. The van der Waals surface area contributed by atoms with Gasteiger partial charge in [0.25, 0.3) is 0 Å². The van der Waals surface area contributed by atoms with Gasteiger partial charge >= 0.3 is 0 Å². The average Bonchev–Trinajstić information content (AvgIpc) is 3.37. The molecule has 32 heavy (non-hydrogen) atoms. The van der Waals surface area contributed by atoms with E-state index in [1.807, 2.05) is 12.1 Å². The predicted octanol–water partition coefficient (Wildman–Crippen LogP) is 2.21. The van der Waals surface area contributed by atoms with Crippen molar-refractivity contribution in [2.75, 3.05) is 13.1 Å².